The summed E-state index contributed by atoms with van der Waals surface area (Å²) < 4.78 is 14.6. The number of nitrogens with zero attached hydrogens (tertiary/aromatic N) is 2. The number of amides is 2. The zero-order chi connectivity index (χ0) is 20.4. The first-order valence-electron chi connectivity index (χ1n) is 9.55. The highest BCUT2D eigenvalue weighted by molar-refractivity contribution is 8.18. The molecule has 0 N–H and O–H groups in total. The van der Waals surface area contributed by atoms with Gasteiger partial charge in [-0.15, -0.1) is 0 Å². The first-order chi connectivity index (χ1) is 14.0. The van der Waals surface area contributed by atoms with E-state index in [1.807, 2.05) is 0 Å². The van der Waals surface area contributed by atoms with Gasteiger partial charge >= 0.3 is 0 Å². The highest BCUT2D eigenvalue weighted by Crippen LogP contribution is 2.34. The maximum Gasteiger partial charge on any atom is 0.293 e. The first kappa shape index (κ1) is 20.0. The molecular weight excluding hydrogens is 411 g/mol. The number of carbonyl (C=O) groups excluding carboxylic acids is 2. The topological polar surface area (TPSA) is 40.6 Å². The van der Waals surface area contributed by atoms with E-state index in [-0.39, 0.29) is 23.5 Å². The van der Waals surface area contributed by atoms with Gasteiger partial charge in [0.25, 0.3) is 11.1 Å². The van der Waals surface area contributed by atoms with E-state index in [1.165, 1.54) is 17.4 Å². The summed E-state index contributed by atoms with van der Waals surface area (Å²) in [7, 11) is 0. The number of piperidine rings is 1. The zero-order valence-corrected chi connectivity index (χ0v) is 17.3. The van der Waals surface area contributed by atoms with Gasteiger partial charge in [0.05, 0.1) is 17.1 Å². The van der Waals surface area contributed by atoms with Crippen molar-refractivity contribution in [3.8, 4) is 0 Å². The van der Waals surface area contributed by atoms with Gasteiger partial charge in [-0.3, -0.25) is 14.5 Å². The first-order valence-corrected chi connectivity index (χ1v) is 10.7. The van der Waals surface area contributed by atoms with Crippen molar-refractivity contribution >= 4 is 46.3 Å². The fourth-order valence-electron chi connectivity index (χ4n) is 3.56. The summed E-state index contributed by atoms with van der Waals surface area (Å²) in [5.41, 5.74) is 1.98. The van der Waals surface area contributed by atoms with Crippen LogP contribution in [0.25, 0.3) is 6.08 Å². The molecular formula is C22H20ClFN2O2S. The van der Waals surface area contributed by atoms with E-state index in [4.69, 9.17) is 11.6 Å². The lowest BCUT2D eigenvalue weighted by molar-refractivity contribution is -0.123. The van der Waals surface area contributed by atoms with Crippen molar-refractivity contribution in [1.29, 1.82) is 0 Å². The monoisotopic (exact) mass is 430 g/mol. The minimum atomic E-state index is -0.365. The summed E-state index contributed by atoms with van der Waals surface area (Å²) in [6.07, 6.45) is 4.90. The van der Waals surface area contributed by atoms with Crippen molar-refractivity contribution in [1.82, 2.24) is 4.90 Å². The molecule has 2 aliphatic heterocycles. The molecule has 2 aromatic carbocycles. The molecule has 0 bridgehead atoms. The van der Waals surface area contributed by atoms with Gasteiger partial charge in [0.15, 0.2) is 0 Å². The van der Waals surface area contributed by atoms with Crippen molar-refractivity contribution in [3.63, 3.8) is 0 Å². The quantitative estimate of drug-likeness (QED) is 0.583. The molecule has 0 spiro atoms. The molecule has 2 heterocycles. The molecule has 7 heteroatoms. The molecule has 2 aromatic rings. The van der Waals surface area contributed by atoms with E-state index in [0.29, 0.717) is 21.2 Å². The second-order valence-corrected chi connectivity index (χ2v) is 8.58. The fourth-order valence-corrected chi connectivity index (χ4v) is 4.53. The second kappa shape index (κ2) is 8.59. The average molecular weight is 431 g/mol. The van der Waals surface area contributed by atoms with Crippen LogP contribution < -0.4 is 4.90 Å². The predicted molar refractivity (Wildman–Crippen MR) is 115 cm³/mol. The Morgan fingerprint density at radius 2 is 1.76 bits per heavy atom. The highest BCUT2D eigenvalue weighted by Gasteiger charge is 2.35. The van der Waals surface area contributed by atoms with E-state index in [9.17, 15) is 14.0 Å². The number of benzene rings is 2. The Balaban J connectivity index is 1.50. The molecule has 2 aliphatic rings. The third-order valence-corrected chi connectivity index (χ3v) is 6.25. The smallest absolute Gasteiger partial charge is 0.293 e. The SMILES string of the molecule is O=C1S/C(=C/c2ccc(N3CCCCC3)c(F)c2)C(=O)N1Cc1ccc(Cl)cc1. The second-order valence-electron chi connectivity index (χ2n) is 7.15. The number of rotatable bonds is 4. The van der Waals surface area contributed by atoms with Crippen molar-refractivity contribution in [3.05, 3.63) is 69.3 Å². The highest BCUT2D eigenvalue weighted by atomic mass is 35.5. The van der Waals surface area contributed by atoms with E-state index in [2.05, 4.69) is 4.90 Å². The van der Waals surface area contributed by atoms with E-state index in [1.54, 1.807) is 42.5 Å². The Hall–Kier alpha value is -2.31. The number of anilines is 1. The molecule has 0 radical (unpaired) electrons. The van der Waals surface area contributed by atoms with Crippen molar-refractivity contribution in [2.24, 2.45) is 0 Å². The third-order valence-electron chi connectivity index (χ3n) is 5.09. The van der Waals surface area contributed by atoms with Crippen LogP contribution in [-0.2, 0) is 11.3 Å². The van der Waals surface area contributed by atoms with Crippen molar-refractivity contribution in [2.75, 3.05) is 18.0 Å². The van der Waals surface area contributed by atoms with E-state index >= 15 is 0 Å². The van der Waals surface area contributed by atoms with Gasteiger partial charge in [-0.2, -0.15) is 0 Å². The fraction of sp³-hybridized carbons (Fsp3) is 0.273. The van der Waals surface area contributed by atoms with Gasteiger partial charge in [0.2, 0.25) is 0 Å². The molecule has 2 fully saturated rings. The number of halogens is 2. The summed E-state index contributed by atoms with van der Waals surface area (Å²) in [5.74, 6) is -0.670. The van der Waals surface area contributed by atoms with E-state index < -0.39 is 0 Å². The molecule has 0 saturated carbocycles. The summed E-state index contributed by atoms with van der Waals surface area (Å²) in [6.45, 7) is 1.90. The molecule has 2 amide bonds. The Kier molecular flexibility index (Phi) is 5.92. The summed E-state index contributed by atoms with van der Waals surface area (Å²) in [5, 5.41) is 0.263. The van der Waals surface area contributed by atoms with Gasteiger partial charge in [0.1, 0.15) is 5.82 Å². The predicted octanol–water partition coefficient (Wildman–Crippen LogP) is 5.71. The Morgan fingerprint density at radius 1 is 1.03 bits per heavy atom. The maximum atomic E-state index is 14.6. The summed E-state index contributed by atoms with van der Waals surface area (Å²) in [6, 6.07) is 12.0. The zero-order valence-electron chi connectivity index (χ0n) is 15.7. The molecule has 0 aromatic heterocycles. The van der Waals surface area contributed by atoms with Crippen molar-refractivity contribution < 1.29 is 14.0 Å². The van der Waals surface area contributed by atoms with Crippen LogP contribution in [0.3, 0.4) is 0 Å². The van der Waals surface area contributed by atoms with Crippen LogP contribution in [0.1, 0.15) is 30.4 Å². The van der Waals surface area contributed by atoms with E-state index in [0.717, 1.165) is 43.3 Å². The molecule has 0 atom stereocenters. The molecule has 0 aliphatic carbocycles. The van der Waals surface area contributed by atoms with Crippen LogP contribution >= 0.6 is 23.4 Å². The van der Waals surface area contributed by atoms with Gasteiger partial charge in [0, 0.05) is 18.1 Å². The Morgan fingerprint density at radius 3 is 2.45 bits per heavy atom. The van der Waals surface area contributed by atoms with Crippen LogP contribution in [0, 0.1) is 5.82 Å². The maximum absolute atomic E-state index is 14.6. The summed E-state index contributed by atoms with van der Waals surface area (Å²) in [4.78, 5) is 28.5. The largest absolute Gasteiger partial charge is 0.369 e. The van der Waals surface area contributed by atoms with Gasteiger partial charge in [-0.1, -0.05) is 29.8 Å². The lowest BCUT2D eigenvalue weighted by atomic mass is 10.1. The molecule has 0 unspecified atom stereocenters. The van der Waals surface area contributed by atoms with Gasteiger partial charge < -0.3 is 4.90 Å². The standard InChI is InChI=1S/C22H20ClFN2O2S/c23-17-7-4-15(5-8-17)14-26-21(27)20(29-22(26)28)13-16-6-9-19(18(24)12-16)25-10-2-1-3-11-25/h4-9,12-13H,1-3,10-11,14H2/b20-13+. The molecule has 4 rings (SSSR count). The van der Waals surface area contributed by atoms with Crippen LogP contribution in [0.5, 0.6) is 0 Å². The van der Waals surface area contributed by atoms with Gasteiger partial charge in [-0.25, -0.2) is 4.39 Å². The van der Waals surface area contributed by atoms with Crippen LogP contribution in [-0.4, -0.2) is 29.1 Å². The lowest BCUT2D eigenvalue weighted by Gasteiger charge is -2.29. The molecule has 2 saturated heterocycles. The number of thioether (sulfide) groups is 1. The number of hydrogen-bond donors (Lipinski definition) is 0. The van der Waals surface area contributed by atoms with Gasteiger partial charge in [-0.05, 0) is 72.5 Å². The van der Waals surface area contributed by atoms with Crippen LogP contribution in [0.4, 0.5) is 14.9 Å². The normalized spacial score (nSPS) is 18.8. The van der Waals surface area contributed by atoms with Crippen LogP contribution in [0.2, 0.25) is 5.02 Å². The third kappa shape index (κ3) is 4.49. The summed E-state index contributed by atoms with van der Waals surface area (Å²) >= 11 is 6.75. The Labute approximate surface area is 178 Å². The lowest BCUT2D eigenvalue weighted by Crippen LogP contribution is -2.30. The number of hydrogen-bond acceptors (Lipinski definition) is 4. The minimum Gasteiger partial charge on any atom is -0.369 e. The van der Waals surface area contributed by atoms with Crippen molar-refractivity contribution in [2.45, 2.75) is 25.8 Å². The molecule has 4 nitrogen and oxygen atoms in total. The average Bonchev–Trinajstić information content (AvgIpc) is 2.98. The Bertz CT molecular complexity index is 971. The van der Waals surface area contributed by atoms with Crippen LogP contribution in [0.15, 0.2) is 47.4 Å². The number of imide groups is 1. The number of carbonyl (C=O) groups is 2. The molecule has 150 valence electrons. The minimum absolute atomic E-state index is 0.182. The molecule has 29 heavy (non-hydrogen) atoms.